The fraction of sp³-hybridized carbons (Fsp3) is 0.583. The first-order valence-corrected chi connectivity index (χ1v) is 6.01. The highest BCUT2D eigenvalue weighted by Gasteiger charge is 2.08. The first kappa shape index (κ1) is 13.2. The minimum Gasteiger partial charge on any atom is -0.335 e. The Balaban J connectivity index is 2.24. The van der Waals surface area contributed by atoms with Gasteiger partial charge in [-0.2, -0.15) is 5.26 Å². The number of nitrogens with one attached hydrogen (secondary N) is 2. The Morgan fingerprint density at radius 3 is 2.94 bits per heavy atom. The number of anilines is 1. The Labute approximate surface area is 101 Å². The van der Waals surface area contributed by atoms with Crippen molar-refractivity contribution < 1.29 is 4.79 Å². The molecule has 92 valence electrons. The number of rotatable bonds is 7. The molecule has 1 amide bonds. The van der Waals surface area contributed by atoms with Gasteiger partial charge in [0.2, 0.25) is 5.91 Å². The minimum atomic E-state index is -0.0786. The van der Waals surface area contributed by atoms with Gasteiger partial charge in [-0.1, -0.05) is 32.6 Å². The van der Waals surface area contributed by atoms with E-state index in [9.17, 15) is 4.79 Å². The fourth-order valence-electron chi connectivity index (χ4n) is 1.56. The van der Waals surface area contributed by atoms with E-state index in [1.807, 2.05) is 6.07 Å². The molecular formula is C12H18N4O. The van der Waals surface area contributed by atoms with Crippen LogP contribution in [0.4, 0.5) is 5.82 Å². The molecule has 0 radical (unpaired) electrons. The lowest BCUT2D eigenvalue weighted by atomic mass is 10.1. The number of nitriles is 1. The third-order valence-corrected chi connectivity index (χ3v) is 2.52. The van der Waals surface area contributed by atoms with Crippen LogP contribution in [0.5, 0.6) is 0 Å². The number of amides is 1. The maximum absolute atomic E-state index is 11.5. The first-order valence-electron chi connectivity index (χ1n) is 6.01. The van der Waals surface area contributed by atoms with Gasteiger partial charge in [-0.3, -0.25) is 4.79 Å². The van der Waals surface area contributed by atoms with Crippen LogP contribution in [0.15, 0.2) is 6.33 Å². The summed E-state index contributed by atoms with van der Waals surface area (Å²) in [6, 6.07) is 1.93. The Morgan fingerprint density at radius 2 is 2.24 bits per heavy atom. The van der Waals surface area contributed by atoms with E-state index in [1.54, 1.807) is 0 Å². The van der Waals surface area contributed by atoms with Gasteiger partial charge in [0, 0.05) is 6.42 Å². The van der Waals surface area contributed by atoms with Gasteiger partial charge in [0.15, 0.2) is 11.5 Å². The molecule has 0 aliphatic carbocycles. The summed E-state index contributed by atoms with van der Waals surface area (Å²) in [5, 5.41) is 11.3. The Hall–Kier alpha value is -1.83. The van der Waals surface area contributed by atoms with Gasteiger partial charge >= 0.3 is 0 Å². The molecule has 1 aromatic rings. The molecule has 0 aliphatic heterocycles. The molecule has 5 nitrogen and oxygen atoms in total. The van der Waals surface area contributed by atoms with Crippen molar-refractivity contribution in [2.75, 3.05) is 5.32 Å². The number of carbonyl (C=O) groups is 1. The maximum Gasteiger partial charge on any atom is 0.225 e. The standard InChI is InChI=1S/C12H18N4O/c1-2-3-4-5-6-7-11(17)16-12-10(8-13)14-9-15-12/h9H,2-7H2,1H3,(H,14,15)(H,16,17). The molecule has 0 spiro atoms. The summed E-state index contributed by atoms with van der Waals surface area (Å²) in [6.45, 7) is 2.16. The molecule has 0 saturated heterocycles. The van der Waals surface area contributed by atoms with Crippen LogP contribution in [0.3, 0.4) is 0 Å². The molecule has 1 rings (SSSR count). The number of nitrogens with zero attached hydrogens (tertiary/aromatic N) is 2. The normalized spacial score (nSPS) is 9.88. The van der Waals surface area contributed by atoms with Crippen LogP contribution in [0.2, 0.25) is 0 Å². The van der Waals surface area contributed by atoms with Gasteiger partial charge < -0.3 is 10.3 Å². The molecule has 0 bridgehead atoms. The van der Waals surface area contributed by atoms with Crippen LogP contribution in [-0.4, -0.2) is 15.9 Å². The smallest absolute Gasteiger partial charge is 0.225 e. The topological polar surface area (TPSA) is 81.6 Å². The highest BCUT2D eigenvalue weighted by atomic mass is 16.1. The second kappa shape index (κ2) is 7.44. The highest BCUT2D eigenvalue weighted by molar-refractivity contribution is 5.90. The van der Waals surface area contributed by atoms with Crippen molar-refractivity contribution >= 4 is 11.7 Å². The number of imidazole rings is 1. The van der Waals surface area contributed by atoms with Gasteiger partial charge in [0.25, 0.3) is 0 Å². The third-order valence-electron chi connectivity index (χ3n) is 2.52. The summed E-state index contributed by atoms with van der Waals surface area (Å²) in [5.74, 6) is 0.246. The second-order valence-electron chi connectivity index (χ2n) is 3.95. The predicted octanol–water partition coefficient (Wildman–Crippen LogP) is 2.58. The van der Waals surface area contributed by atoms with E-state index < -0.39 is 0 Å². The van der Waals surface area contributed by atoms with Gasteiger partial charge in [0.05, 0.1) is 6.33 Å². The number of hydrogen-bond acceptors (Lipinski definition) is 3. The predicted molar refractivity (Wildman–Crippen MR) is 65.3 cm³/mol. The zero-order chi connectivity index (χ0) is 12.5. The van der Waals surface area contributed by atoms with Crippen LogP contribution in [0.25, 0.3) is 0 Å². The second-order valence-corrected chi connectivity index (χ2v) is 3.95. The van der Waals surface area contributed by atoms with E-state index in [1.165, 1.54) is 25.6 Å². The molecule has 17 heavy (non-hydrogen) atoms. The van der Waals surface area contributed by atoms with Gasteiger partial charge in [-0.25, -0.2) is 4.98 Å². The Kier molecular flexibility index (Phi) is 5.80. The van der Waals surface area contributed by atoms with E-state index in [0.717, 1.165) is 12.8 Å². The summed E-state index contributed by atoms with van der Waals surface area (Å²) in [4.78, 5) is 18.1. The lowest BCUT2D eigenvalue weighted by Gasteiger charge is -2.02. The molecule has 1 heterocycles. The van der Waals surface area contributed by atoms with Crippen molar-refractivity contribution in [3.05, 3.63) is 12.0 Å². The zero-order valence-corrected chi connectivity index (χ0v) is 10.1. The van der Waals surface area contributed by atoms with Gasteiger partial charge in [0.1, 0.15) is 6.07 Å². The lowest BCUT2D eigenvalue weighted by molar-refractivity contribution is -0.116. The molecule has 5 heteroatoms. The summed E-state index contributed by atoms with van der Waals surface area (Å²) in [7, 11) is 0. The summed E-state index contributed by atoms with van der Waals surface area (Å²) in [5.41, 5.74) is 0.296. The molecule has 0 atom stereocenters. The third kappa shape index (κ3) is 4.68. The maximum atomic E-state index is 11.5. The highest BCUT2D eigenvalue weighted by Crippen LogP contribution is 2.10. The van der Waals surface area contributed by atoms with Gasteiger partial charge in [-0.05, 0) is 6.42 Å². The van der Waals surface area contributed by atoms with Gasteiger partial charge in [-0.15, -0.1) is 0 Å². The van der Waals surface area contributed by atoms with Crippen molar-refractivity contribution in [2.24, 2.45) is 0 Å². The molecule has 0 unspecified atom stereocenters. The number of H-pyrrole nitrogens is 1. The van der Waals surface area contributed by atoms with E-state index in [2.05, 4.69) is 22.2 Å². The lowest BCUT2D eigenvalue weighted by Crippen LogP contribution is -2.12. The van der Waals surface area contributed by atoms with Crippen LogP contribution < -0.4 is 5.32 Å². The summed E-state index contributed by atoms with van der Waals surface area (Å²) in [6.07, 6.45) is 7.45. The fourth-order valence-corrected chi connectivity index (χ4v) is 1.56. The first-order chi connectivity index (χ1) is 8.27. The number of aromatic amines is 1. The zero-order valence-electron chi connectivity index (χ0n) is 10.1. The van der Waals surface area contributed by atoms with E-state index in [0.29, 0.717) is 17.9 Å². The number of hydrogen-bond donors (Lipinski definition) is 2. The van der Waals surface area contributed by atoms with Crippen LogP contribution in [0, 0.1) is 11.3 Å². The average molecular weight is 234 g/mol. The average Bonchev–Trinajstić information content (AvgIpc) is 2.76. The molecule has 0 saturated carbocycles. The van der Waals surface area contributed by atoms with E-state index in [-0.39, 0.29) is 5.91 Å². The summed E-state index contributed by atoms with van der Waals surface area (Å²) < 4.78 is 0. The van der Waals surface area contributed by atoms with Crippen molar-refractivity contribution in [1.29, 1.82) is 5.26 Å². The van der Waals surface area contributed by atoms with Crippen LogP contribution >= 0.6 is 0 Å². The number of carbonyl (C=O) groups excluding carboxylic acids is 1. The van der Waals surface area contributed by atoms with Crippen molar-refractivity contribution in [2.45, 2.75) is 45.4 Å². The molecule has 2 N–H and O–H groups in total. The Morgan fingerprint density at radius 1 is 1.47 bits per heavy atom. The monoisotopic (exact) mass is 234 g/mol. The van der Waals surface area contributed by atoms with E-state index in [4.69, 9.17) is 5.26 Å². The van der Waals surface area contributed by atoms with Crippen molar-refractivity contribution in [3.8, 4) is 6.07 Å². The molecule has 0 fully saturated rings. The largest absolute Gasteiger partial charge is 0.335 e. The van der Waals surface area contributed by atoms with Crippen LogP contribution in [-0.2, 0) is 4.79 Å². The van der Waals surface area contributed by atoms with Crippen molar-refractivity contribution in [3.63, 3.8) is 0 Å². The molecule has 0 aromatic carbocycles. The van der Waals surface area contributed by atoms with E-state index >= 15 is 0 Å². The van der Waals surface area contributed by atoms with Crippen molar-refractivity contribution in [1.82, 2.24) is 9.97 Å². The molecular weight excluding hydrogens is 216 g/mol. The summed E-state index contributed by atoms with van der Waals surface area (Å²) >= 11 is 0. The molecule has 0 aliphatic rings. The Bertz CT molecular complexity index is 391. The quantitative estimate of drug-likeness (QED) is 0.711. The number of unbranched alkanes of at least 4 members (excludes halogenated alkanes) is 4. The van der Waals surface area contributed by atoms with Crippen LogP contribution in [0.1, 0.15) is 51.1 Å². The minimum absolute atomic E-state index is 0.0786. The SMILES string of the molecule is CCCCCCCC(=O)Nc1nc[nH]c1C#N. The molecule has 1 aromatic heterocycles. The number of aromatic nitrogens is 2.